The molecular formula is C26H27Cl2N3O4S. The van der Waals surface area contributed by atoms with Crippen LogP contribution in [0, 0.1) is 0 Å². The fourth-order valence-electron chi connectivity index (χ4n) is 3.58. The van der Waals surface area contributed by atoms with Crippen molar-refractivity contribution in [1.29, 1.82) is 0 Å². The normalized spacial score (nSPS) is 12.0. The van der Waals surface area contributed by atoms with E-state index in [1.54, 1.807) is 32.0 Å². The largest absolute Gasteiger partial charge is 0.355 e. The minimum Gasteiger partial charge on any atom is -0.355 e. The van der Waals surface area contributed by atoms with Crippen molar-refractivity contribution in [1.82, 2.24) is 10.2 Å². The van der Waals surface area contributed by atoms with Crippen LogP contribution in [0.25, 0.3) is 0 Å². The SMILES string of the molecule is CCNC(=O)[C@H](C)N(Cc1ccccc1)C(=O)CN(c1cccc(Cl)c1)S(=O)(=O)c1ccc(Cl)cc1. The van der Waals surface area contributed by atoms with E-state index in [-0.39, 0.29) is 23.0 Å². The summed E-state index contributed by atoms with van der Waals surface area (Å²) in [4.78, 5) is 27.7. The molecule has 0 saturated heterocycles. The Labute approximate surface area is 221 Å². The second-order valence-corrected chi connectivity index (χ2v) is 10.8. The zero-order valence-corrected chi connectivity index (χ0v) is 22.2. The molecule has 36 heavy (non-hydrogen) atoms. The van der Waals surface area contributed by atoms with Crippen LogP contribution >= 0.6 is 23.2 Å². The quantitative estimate of drug-likeness (QED) is 0.397. The van der Waals surface area contributed by atoms with E-state index in [0.29, 0.717) is 16.6 Å². The molecule has 0 aliphatic carbocycles. The van der Waals surface area contributed by atoms with Gasteiger partial charge >= 0.3 is 0 Å². The number of nitrogens with one attached hydrogen (secondary N) is 1. The third kappa shape index (κ3) is 6.78. The molecule has 0 aliphatic heterocycles. The molecule has 0 aromatic heterocycles. The van der Waals surface area contributed by atoms with E-state index >= 15 is 0 Å². The lowest BCUT2D eigenvalue weighted by Gasteiger charge is -2.32. The van der Waals surface area contributed by atoms with Gasteiger partial charge in [-0.3, -0.25) is 13.9 Å². The fraction of sp³-hybridized carbons (Fsp3) is 0.231. The van der Waals surface area contributed by atoms with Gasteiger partial charge in [0.2, 0.25) is 11.8 Å². The summed E-state index contributed by atoms with van der Waals surface area (Å²) >= 11 is 12.1. The predicted octanol–water partition coefficient (Wildman–Crippen LogP) is 4.74. The summed E-state index contributed by atoms with van der Waals surface area (Å²) in [6.07, 6.45) is 0. The first kappa shape index (κ1) is 27.5. The Morgan fingerprint density at radius 1 is 0.917 bits per heavy atom. The Kier molecular flexibility index (Phi) is 9.37. The molecule has 3 rings (SSSR count). The number of carbonyl (C=O) groups excluding carboxylic acids is 2. The summed E-state index contributed by atoms with van der Waals surface area (Å²) in [5.41, 5.74) is 1.02. The van der Waals surface area contributed by atoms with Gasteiger partial charge < -0.3 is 10.2 Å². The van der Waals surface area contributed by atoms with Crippen LogP contribution in [-0.2, 0) is 26.2 Å². The van der Waals surface area contributed by atoms with Crippen LogP contribution in [0.2, 0.25) is 10.0 Å². The lowest BCUT2D eigenvalue weighted by molar-refractivity contribution is -0.139. The number of carbonyl (C=O) groups is 2. The molecule has 0 heterocycles. The first-order valence-corrected chi connectivity index (χ1v) is 13.5. The number of likely N-dealkylation sites (N-methyl/N-ethyl adjacent to an activating group) is 1. The number of rotatable bonds is 10. The first-order valence-electron chi connectivity index (χ1n) is 11.3. The molecule has 3 aromatic rings. The van der Waals surface area contributed by atoms with Gasteiger partial charge in [-0.05, 0) is 61.9 Å². The van der Waals surface area contributed by atoms with Crippen molar-refractivity contribution in [2.45, 2.75) is 31.3 Å². The molecule has 0 saturated carbocycles. The van der Waals surface area contributed by atoms with Crippen LogP contribution in [0.3, 0.4) is 0 Å². The molecule has 0 unspecified atom stereocenters. The molecule has 0 aliphatic rings. The first-order chi connectivity index (χ1) is 17.1. The maximum Gasteiger partial charge on any atom is 0.264 e. The van der Waals surface area contributed by atoms with E-state index in [1.165, 1.54) is 35.2 Å². The molecule has 0 radical (unpaired) electrons. The van der Waals surface area contributed by atoms with Crippen LogP contribution in [0.15, 0.2) is 83.8 Å². The molecule has 10 heteroatoms. The standard InChI is InChI=1S/C26H27Cl2N3O4S/c1-3-29-26(33)19(2)30(17-20-8-5-4-6-9-20)25(32)18-31(23-11-7-10-22(28)16-23)36(34,35)24-14-12-21(27)13-15-24/h4-16,19H,3,17-18H2,1-2H3,(H,29,33)/t19-/m0/s1. The number of hydrogen-bond donors (Lipinski definition) is 1. The molecular weight excluding hydrogens is 521 g/mol. The van der Waals surface area contributed by atoms with Crippen molar-refractivity contribution >= 4 is 50.7 Å². The van der Waals surface area contributed by atoms with Gasteiger partial charge in [0.15, 0.2) is 0 Å². The minimum atomic E-state index is -4.18. The van der Waals surface area contributed by atoms with E-state index in [4.69, 9.17) is 23.2 Å². The lowest BCUT2D eigenvalue weighted by atomic mass is 10.1. The second-order valence-electron chi connectivity index (χ2n) is 8.02. The van der Waals surface area contributed by atoms with E-state index in [1.807, 2.05) is 30.3 Å². The third-order valence-corrected chi connectivity index (χ3v) is 7.77. The van der Waals surface area contributed by atoms with Crippen LogP contribution in [0.5, 0.6) is 0 Å². The number of halogens is 2. The number of hydrogen-bond acceptors (Lipinski definition) is 4. The third-order valence-electron chi connectivity index (χ3n) is 5.49. The maximum absolute atomic E-state index is 13.7. The molecule has 2 amide bonds. The van der Waals surface area contributed by atoms with Crippen molar-refractivity contribution in [3.63, 3.8) is 0 Å². The Bertz CT molecular complexity index is 1300. The van der Waals surface area contributed by atoms with Crippen molar-refractivity contribution < 1.29 is 18.0 Å². The highest BCUT2D eigenvalue weighted by molar-refractivity contribution is 7.92. The Morgan fingerprint density at radius 3 is 2.19 bits per heavy atom. The van der Waals surface area contributed by atoms with Gasteiger partial charge in [-0.1, -0.05) is 59.6 Å². The van der Waals surface area contributed by atoms with Gasteiger partial charge in [-0.2, -0.15) is 0 Å². The summed E-state index contributed by atoms with van der Waals surface area (Å²) in [6.45, 7) is 3.39. The monoisotopic (exact) mass is 547 g/mol. The predicted molar refractivity (Wildman–Crippen MR) is 143 cm³/mol. The lowest BCUT2D eigenvalue weighted by Crippen LogP contribution is -2.51. The molecule has 1 atom stereocenters. The summed E-state index contributed by atoms with van der Waals surface area (Å²) in [7, 11) is -4.18. The highest BCUT2D eigenvalue weighted by Crippen LogP contribution is 2.27. The fourth-order valence-corrected chi connectivity index (χ4v) is 5.29. The summed E-state index contributed by atoms with van der Waals surface area (Å²) in [6, 6.07) is 20.3. The topological polar surface area (TPSA) is 86.8 Å². The molecule has 7 nitrogen and oxygen atoms in total. The maximum atomic E-state index is 13.7. The van der Waals surface area contributed by atoms with Crippen molar-refractivity contribution in [3.8, 4) is 0 Å². The zero-order chi connectivity index (χ0) is 26.3. The Morgan fingerprint density at radius 2 is 1.58 bits per heavy atom. The van der Waals surface area contributed by atoms with Crippen LogP contribution in [0.4, 0.5) is 5.69 Å². The van der Waals surface area contributed by atoms with Crippen molar-refractivity contribution in [2.75, 3.05) is 17.4 Å². The molecule has 3 aromatic carbocycles. The Hall–Kier alpha value is -3.07. The smallest absolute Gasteiger partial charge is 0.264 e. The zero-order valence-electron chi connectivity index (χ0n) is 19.9. The number of sulfonamides is 1. The molecule has 1 N–H and O–H groups in total. The minimum absolute atomic E-state index is 0.0361. The van der Waals surface area contributed by atoms with E-state index in [2.05, 4.69) is 5.32 Å². The van der Waals surface area contributed by atoms with Crippen molar-refractivity contribution in [2.24, 2.45) is 0 Å². The van der Waals surface area contributed by atoms with Gasteiger partial charge in [-0.25, -0.2) is 8.42 Å². The van der Waals surface area contributed by atoms with Crippen LogP contribution in [0.1, 0.15) is 19.4 Å². The Balaban J connectivity index is 2.02. The van der Waals surface area contributed by atoms with Gasteiger partial charge in [0.25, 0.3) is 10.0 Å². The highest BCUT2D eigenvalue weighted by Gasteiger charge is 2.32. The van der Waals surface area contributed by atoms with E-state index in [0.717, 1.165) is 9.87 Å². The molecule has 190 valence electrons. The molecule has 0 bridgehead atoms. The number of amides is 2. The van der Waals surface area contributed by atoms with E-state index < -0.39 is 28.5 Å². The summed E-state index contributed by atoms with van der Waals surface area (Å²) < 4.78 is 28.3. The summed E-state index contributed by atoms with van der Waals surface area (Å²) in [5, 5.41) is 3.42. The number of benzene rings is 3. The van der Waals surface area contributed by atoms with E-state index in [9.17, 15) is 18.0 Å². The molecule has 0 fully saturated rings. The summed E-state index contributed by atoms with van der Waals surface area (Å²) in [5.74, 6) is -0.883. The van der Waals surface area contributed by atoms with Crippen LogP contribution < -0.4 is 9.62 Å². The van der Waals surface area contributed by atoms with Gasteiger partial charge in [-0.15, -0.1) is 0 Å². The number of nitrogens with zero attached hydrogens (tertiary/aromatic N) is 2. The second kappa shape index (κ2) is 12.3. The van der Waals surface area contributed by atoms with Crippen LogP contribution in [-0.4, -0.2) is 44.3 Å². The van der Waals surface area contributed by atoms with Gasteiger partial charge in [0.05, 0.1) is 10.6 Å². The van der Waals surface area contributed by atoms with Gasteiger partial charge in [0, 0.05) is 23.1 Å². The average Bonchev–Trinajstić information content (AvgIpc) is 2.86. The van der Waals surface area contributed by atoms with Gasteiger partial charge in [0.1, 0.15) is 12.6 Å². The average molecular weight is 548 g/mol. The number of anilines is 1. The van der Waals surface area contributed by atoms with Crippen molar-refractivity contribution in [3.05, 3.63) is 94.5 Å². The highest BCUT2D eigenvalue weighted by atomic mass is 35.5. The molecule has 0 spiro atoms.